The van der Waals surface area contributed by atoms with E-state index in [1.54, 1.807) is 28.8 Å². The fourth-order valence-corrected chi connectivity index (χ4v) is 4.58. The summed E-state index contributed by atoms with van der Waals surface area (Å²) in [4.78, 5) is 29.5. The van der Waals surface area contributed by atoms with E-state index in [0.717, 1.165) is 22.4 Å². The van der Waals surface area contributed by atoms with Gasteiger partial charge in [-0.25, -0.2) is 4.39 Å². The molecule has 2 amide bonds. The summed E-state index contributed by atoms with van der Waals surface area (Å²) in [5.74, 6) is 0.0118. The van der Waals surface area contributed by atoms with Crippen molar-refractivity contribution in [1.82, 2.24) is 10.2 Å². The number of thioether (sulfide) groups is 1. The van der Waals surface area contributed by atoms with E-state index < -0.39 is 6.04 Å². The molecule has 6 heteroatoms. The van der Waals surface area contributed by atoms with Crippen LogP contribution in [0.25, 0.3) is 0 Å². The molecule has 0 aliphatic heterocycles. The third kappa shape index (κ3) is 8.55. The molecule has 0 aliphatic rings. The molecule has 1 atom stereocenters. The van der Waals surface area contributed by atoms with E-state index in [9.17, 15) is 14.0 Å². The van der Waals surface area contributed by atoms with Gasteiger partial charge in [0.1, 0.15) is 11.9 Å². The van der Waals surface area contributed by atoms with Crippen LogP contribution in [0, 0.1) is 12.7 Å². The van der Waals surface area contributed by atoms with Crippen molar-refractivity contribution in [3.63, 3.8) is 0 Å². The standard InChI is InChI=1S/C29H33FN2O2S/c1-3-18-31-29(34)27(20-23-7-5-4-6-8-23)32(21-24-11-13-25(30)14-12-24)28(33)17-19-35-26-15-9-22(2)10-16-26/h4-16,27H,3,17-21H2,1-2H3,(H,31,34)/t27-/m0/s1. The number of halogens is 1. The summed E-state index contributed by atoms with van der Waals surface area (Å²) in [6.45, 7) is 4.83. The molecule has 0 radical (unpaired) electrons. The summed E-state index contributed by atoms with van der Waals surface area (Å²) in [5, 5.41) is 2.97. The highest BCUT2D eigenvalue weighted by Crippen LogP contribution is 2.21. The second-order valence-electron chi connectivity index (χ2n) is 8.56. The van der Waals surface area contributed by atoms with E-state index in [1.165, 1.54) is 17.7 Å². The van der Waals surface area contributed by atoms with Crippen molar-refractivity contribution in [2.24, 2.45) is 0 Å². The van der Waals surface area contributed by atoms with Crippen molar-refractivity contribution in [2.45, 2.75) is 50.6 Å². The van der Waals surface area contributed by atoms with Crippen LogP contribution in [-0.2, 0) is 22.6 Å². The van der Waals surface area contributed by atoms with Crippen LogP contribution in [0.2, 0.25) is 0 Å². The Labute approximate surface area is 211 Å². The Balaban J connectivity index is 1.81. The number of hydrogen-bond acceptors (Lipinski definition) is 3. The minimum atomic E-state index is -0.661. The number of aryl methyl sites for hydroxylation is 1. The quantitative estimate of drug-likeness (QED) is 0.326. The molecule has 0 aromatic heterocycles. The van der Waals surface area contributed by atoms with Crippen molar-refractivity contribution in [3.05, 3.63) is 101 Å². The number of carbonyl (C=O) groups excluding carboxylic acids is 2. The number of rotatable bonds is 12. The van der Waals surface area contributed by atoms with Gasteiger partial charge in [-0.1, -0.05) is 67.1 Å². The van der Waals surface area contributed by atoms with Gasteiger partial charge in [-0.05, 0) is 48.7 Å². The highest BCUT2D eigenvalue weighted by molar-refractivity contribution is 7.99. The van der Waals surface area contributed by atoms with Crippen LogP contribution in [0.5, 0.6) is 0 Å². The lowest BCUT2D eigenvalue weighted by Gasteiger charge is -2.31. The van der Waals surface area contributed by atoms with Gasteiger partial charge in [0.25, 0.3) is 0 Å². The summed E-state index contributed by atoms with van der Waals surface area (Å²) in [6, 6.07) is 23.4. The zero-order valence-electron chi connectivity index (χ0n) is 20.4. The van der Waals surface area contributed by atoms with Gasteiger partial charge in [0.2, 0.25) is 11.8 Å². The Hall–Kier alpha value is -3.12. The topological polar surface area (TPSA) is 49.4 Å². The van der Waals surface area contributed by atoms with Gasteiger partial charge in [0.15, 0.2) is 0 Å². The summed E-state index contributed by atoms with van der Waals surface area (Å²) in [5.41, 5.74) is 2.96. The maximum absolute atomic E-state index is 13.5. The minimum Gasteiger partial charge on any atom is -0.354 e. The number of hydrogen-bond donors (Lipinski definition) is 1. The molecule has 0 unspecified atom stereocenters. The third-order valence-corrected chi connectivity index (χ3v) is 6.71. The van der Waals surface area contributed by atoms with Gasteiger partial charge in [-0.3, -0.25) is 9.59 Å². The van der Waals surface area contributed by atoms with Crippen LogP contribution in [0.15, 0.2) is 83.8 Å². The summed E-state index contributed by atoms with van der Waals surface area (Å²) in [7, 11) is 0. The van der Waals surface area contributed by atoms with Crippen LogP contribution in [0.4, 0.5) is 4.39 Å². The molecular weight excluding hydrogens is 459 g/mol. The highest BCUT2D eigenvalue weighted by Gasteiger charge is 2.30. The Morgan fingerprint density at radius 1 is 0.943 bits per heavy atom. The fourth-order valence-electron chi connectivity index (χ4n) is 3.74. The Morgan fingerprint density at radius 3 is 2.29 bits per heavy atom. The highest BCUT2D eigenvalue weighted by atomic mass is 32.2. The molecule has 184 valence electrons. The molecule has 1 N–H and O–H groups in total. The zero-order chi connectivity index (χ0) is 25.0. The maximum atomic E-state index is 13.5. The molecule has 3 aromatic carbocycles. The number of nitrogens with zero attached hydrogens (tertiary/aromatic N) is 1. The van der Waals surface area contributed by atoms with Gasteiger partial charge < -0.3 is 10.2 Å². The van der Waals surface area contributed by atoms with Crippen molar-refractivity contribution in [2.75, 3.05) is 12.3 Å². The van der Waals surface area contributed by atoms with E-state index >= 15 is 0 Å². The number of amides is 2. The maximum Gasteiger partial charge on any atom is 0.243 e. The van der Waals surface area contributed by atoms with E-state index in [1.807, 2.05) is 44.2 Å². The monoisotopic (exact) mass is 492 g/mol. The first-order chi connectivity index (χ1) is 17.0. The predicted molar refractivity (Wildman–Crippen MR) is 141 cm³/mol. The first-order valence-electron chi connectivity index (χ1n) is 12.0. The van der Waals surface area contributed by atoms with Crippen LogP contribution in [0.3, 0.4) is 0 Å². The summed E-state index contributed by atoms with van der Waals surface area (Å²) in [6.07, 6.45) is 1.52. The first kappa shape index (κ1) is 26.5. The van der Waals surface area contributed by atoms with E-state index in [2.05, 4.69) is 29.6 Å². The van der Waals surface area contributed by atoms with Crippen molar-refractivity contribution in [3.8, 4) is 0 Å². The lowest BCUT2D eigenvalue weighted by atomic mass is 10.0. The lowest BCUT2D eigenvalue weighted by Crippen LogP contribution is -2.50. The normalized spacial score (nSPS) is 11.6. The Morgan fingerprint density at radius 2 is 1.63 bits per heavy atom. The third-order valence-electron chi connectivity index (χ3n) is 5.69. The smallest absolute Gasteiger partial charge is 0.243 e. The SMILES string of the molecule is CCCNC(=O)[C@H](Cc1ccccc1)N(Cc1ccc(F)cc1)C(=O)CCSc1ccc(C)cc1. The average molecular weight is 493 g/mol. The second kappa shape index (κ2) is 13.7. The summed E-state index contributed by atoms with van der Waals surface area (Å²) < 4.78 is 13.5. The molecule has 0 bridgehead atoms. The van der Waals surface area contributed by atoms with Gasteiger partial charge >= 0.3 is 0 Å². The second-order valence-corrected chi connectivity index (χ2v) is 9.72. The summed E-state index contributed by atoms with van der Waals surface area (Å²) >= 11 is 1.62. The molecule has 3 aromatic rings. The lowest BCUT2D eigenvalue weighted by molar-refractivity contribution is -0.141. The van der Waals surface area contributed by atoms with Crippen LogP contribution < -0.4 is 5.32 Å². The Bertz CT molecular complexity index is 1070. The van der Waals surface area contributed by atoms with Gasteiger partial charge in [-0.2, -0.15) is 0 Å². The van der Waals surface area contributed by atoms with Gasteiger partial charge in [-0.15, -0.1) is 11.8 Å². The largest absolute Gasteiger partial charge is 0.354 e. The van der Waals surface area contributed by atoms with Crippen molar-refractivity contribution < 1.29 is 14.0 Å². The van der Waals surface area contributed by atoms with Crippen LogP contribution >= 0.6 is 11.8 Å². The fraction of sp³-hybridized carbons (Fsp3) is 0.310. The molecule has 0 fully saturated rings. The molecule has 3 rings (SSSR count). The molecule has 0 saturated carbocycles. The minimum absolute atomic E-state index is 0.0958. The molecule has 35 heavy (non-hydrogen) atoms. The van der Waals surface area contributed by atoms with Crippen molar-refractivity contribution in [1.29, 1.82) is 0 Å². The predicted octanol–water partition coefficient (Wildman–Crippen LogP) is 5.78. The van der Waals surface area contributed by atoms with E-state index in [4.69, 9.17) is 0 Å². The van der Waals surface area contributed by atoms with E-state index in [-0.39, 0.29) is 24.2 Å². The van der Waals surface area contributed by atoms with Gasteiger partial charge in [0.05, 0.1) is 0 Å². The molecule has 0 spiro atoms. The van der Waals surface area contributed by atoms with Crippen molar-refractivity contribution >= 4 is 23.6 Å². The molecule has 0 heterocycles. The molecule has 4 nitrogen and oxygen atoms in total. The number of nitrogens with one attached hydrogen (secondary N) is 1. The molecule has 0 aliphatic carbocycles. The molecular formula is C29H33FN2O2S. The number of carbonyl (C=O) groups is 2. The average Bonchev–Trinajstić information content (AvgIpc) is 2.87. The molecule has 0 saturated heterocycles. The van der Waals surface area contributed by atoms with Crippen LogP contribution in [0.1, 0.15) is 36.5 Å². The van der Waals surface area contributed by atoms with Crippen LogP contribution in [-0.4, -0.2) is 35.1 Å². The number of benzene rings is 3. The first-order valence-corrected chi connectivity index (χ1v) is 13.0. The van der Waals surface area contributed by atoms with E-state index in [0.29, 0.717) is 25.1 Å². The Kier molecular flexibility index (Phi) is 10.4. The zero-order valence-corrected chi connectivity index (χ0v) is 21.2. The van der Waals surface area contributed by atoms with Gasteiger partial charge in [0, 0.05) is 36.6 Å².